The van der Waals surface area contributed by atoms with Gasteiger partial charge in [-0.15, -0.1) is 13.2 Å². The van der Waals surface area contributed by atoms with Crippen LogP contribution in [0.25, 0.3) is 11.6 Å². The van der Waals surface area contributed by atoms with E-state index in [1.54, 1.807) is 0 Å². The molecular formula is C18H16F4N4O5S. The van der Waals surface area contributed by atoms with Gasteiger partial charge in [0.2, 0.25) is 10.0 Å². The van der Waals surface area contributed by atoms with Crippen LogP contribution in [0.4, 0.5) is 17.6 Å². The van der Waals surface area contributed by atoms with Crippen LogP contribution < -0.4 is 9.88 Å². The van der Waals surface area contributed by atoms with Crippen LogP contribution in [0.1, 0.15) is 24.0 Å². The highest BCUT2D eigenvalue weighted by molar-refractivity contribution is 7.89. The molecule has 1 atom stereocenters. The molecule has 0 fully saturated rings. The Balaban J connectivity index is 1.84. The van der Waals surface area contributed by atoms with Crippen molar-refractivity contribution in [1.82, 2.24) is 15.1 Å². The number of sulfonamides is 1. The third-order valence-electron chi connectivity index (χ3n) is 4.07. The van der Waals surface area contributed by atoms with Crippen LogP contribution in [0.5, 0.6) is 5.75 Å². The zero-order valence-electron chi connectivity index (χ0n) is 16.3. The Bertz CT molecular complexity index is 1230. The molecule has 14 heteroatoms. The first-order chi connectivity index (χ1) is 14.7. The van der Waals surface area contributed by atoms with Crippen LogP contribution in [-0.2, 0) is 22.0 Å². The van der Waals surface area contributed by atoms with Crippen LogP contribution in [0.3, 0.4) is 0 Å². The van der Waals surface area contributed by atoms with E-state index in [2.05, 4.69) is 19.9 Å². The van der Waals surface area contributed by atoms with E-state index in [1.165, 1.54) is 25.1 Å². The fourth-order valence-electron chi connectivity index (χ4n) is 2.80. The summed E-state index contributed by atoms with van der Waals surface area (Å²) in [4.78, 5) is 8.13. The molecule has 172 valence electrons. The van der Waals surface area contributed by atoms with Gasteiger partial charge in [0.1, 0.15) is 22.9 Å². The number of rotatable bonds is 7. The number of hydrogen-bond acceptors (Lipinski definition) is 8. The van der Waals surface area contributed by atoms with Crippen molar-refractivity contribution < 1.29 is 40.3 Å². The summed E-state index contributed by atoms with van der Waals surface area (Å²) in [7, 11) is -4.01. The standard InChI is InChI=1S/C18H16F4N4O5S/c1-17(27,9-32(23,28)29)14-4-2-3-13(24-14)16-25-15(26-31-16)8-10-7-11(5-6-12(10)19)30-18(20,21)22/h2-7,27H,8-9H2,1H3,(H2,23,28,29)/t17-/m0/s1. The number of benzene rings is 1. The van der Waals surface area contributed by atoms with E-state index in [1.807, 2.05) is 0 Å². The Morgan fingerprint density at radius 3 is 2.56 bits per heavy atom. The van der Waals surface area contributed by atoms with Gasteiger partial charge < -0.3 is 14.4 Å². The first kappa shape index (κ1) is 23.6. The van der Waals surface area contributed by atoms with Gasteiger partial charge in [-0.2, -0.15) is 4.98 Å². The Hall–Kier alpha value is -3.10. The lowest BCUT2D eigenvalue weighted by atomic mass is 10.0. The van der Waals surface area contributed by atoms with E-state index in [9.17, 15) is 31.1 Å². The molecule has 0 amide bonds. The molecule has 3 rings (SSSR count). The lowest BCUT2D eigenvalue weighted by molar-refractivity contribution is -0.274. The molecule has 0 spiro atoms. The molecule has 0 saturated carbocycles. The van der Waals surface area contributed by atoms with E-state index < -0.39 is 39.3 Å². The summed E-state index contributed by atoms with van der Waals surface area (Å²) >= 11 is 0. The SMILES string of the molecule is C[C@](O)(CS(N)(=O)=O)c1cccc(-c2nc(Cc3cc(OC(F)(F)F)ccc3F)no2)n1. The summed E-state index contributed by atoms with van der Waals surface area (Å²) in [5.41, 5.74) is -2.04. The maximum Gasteiger partial charge on any atom is 0.573 e. The summed E-state index contributed by atoms with van der Waals surface area (Å²) in [6, 6.07) is 6.77. The summed E-state index contributed by atoms with van der Waals surface area (Å²) in [5, 5.41) is 19.0. The molecular weight excluding hydrogens is 460 g/mol. The van der Waals surface area contributed by atoms with Crippen molar-refractivity contribution in [3.63, 3.8) is 0 Å². The highest BCUT2D eigenvalue weighted by Gasteiger charge is 2.32. The Labute approximate surface area is 178 Å². The molecule has 2 aromatic heterocycles. The van der Waals surface area contributed by atoms with Crippen molar-refractivity contribution >= 4 is 10.0 Å². The maximum atomic E-state index is 14.0. The lowest BCUT2D eigenvalue weighted by Crippen LogP contribution is -2.35. The normalized spacial score (nSPS) is 14.2. The average Bonchev–Trinajstić information content (AvgIpc) is 3.10. The van der Waals surface area contributed by atoms with Gasteiger partial charge in [-0.3, -0.25) is 0 Å². The van der Waals surface area contributed by atoms with Crippen LogP contribution in [0.15, 0.2) is 40.9 Å². The molecule has 1 aromatic carbocycles. The van der Waals surface area contributed by atoms with Crippen LogP contribution >= 0.6 is 0 Å². The van der Waals surface area contributed by atoms with Gasteiger partial charge in [0.25, 0.3) is 5.89 Å². The predicted octanol–water partition coefficient (Wildman–Crippen LogP) is 2.26. The number of ether oxygens (including phenoxy) is 1. The van der Waals surface area contributed by atoms with Gasteiger partial charge in [-0.25, -0.2) is 22.9 Å². The van der Waals surface area contributed by atoms with Crippen molar-refractivity contribution in [2.75, 3.05) is 5.75 Å². The molecule has 0 saturated heterocycles. The van der Waals surface area contributed by atoms with Crippen molar-refractivity contribution in [2.24, 2.45) is 5.14 Å². The van der Waals surface area contributed by atoms with E-state index in [4.69, 9.17) is 9.66 Å². The lowest BCUT2D eigenvalue weighted by Gasteiger charge is -2.21. The van der Waals surface area contributed by atoms with Gasteiger partial charge in [0.15, 0.2) is 5.82 Å². The molecule has 2 heterocycles. The molecule has 0 bridgehead atoms. The van der Waals surface area contributed by atoms with E-state index in [0.29, 0.717) is 0 Å². The number of alkyl halides is 3. The highest BCUT2D eigenvalue weighted by Crippen LogP contribution is 2.27. The average molecular weight is 476 g/mol. The monoisotopic (exact) mass is 476 g/mol. The van der Waals surface area contributed by atoms with E-state index in [0.717, 1.165) is 18.2 Å². The second kappa shape index (κ2) is 8.44. The van der Waals surface area contributed by atoms with Crippen molar-refractivity contribution in [2.45, 2.75) is 25.3 Å². The van der Waals surface area contributed by atoms with E-state index in [-0.39, 0.29) is 35.1 Å². The summed E-state index contributed by atoms with van der Waals surface area (Å²) in [6.07, 6.45) is -5.25. The molecule has 3 N–H and O–H groups in total. The van der Waals surface area contributed by atoms with Crippen LogP contribution in [0, 0.1) is 5.82 Å². The molecule has 9 nitrogen and oxygen atoms in total. The number of nitrogens with two attached hydrogens (primary N) is 1. The quantitative estimate of drug-likeness (QED) is 0.495. The first-order valence-electron chi connectivity index (χ1n) is 8.79. The minimum absolute atomic E-state index is 0.0354. The van der Waals surface area contributed by atoms with Crippen molar-refractivity contribution in [1.29, 1.82) is 0 Å². The summed E-state index contributed by atoms with van der Waals surface area (Å²) in [6.45, 7) is 1.21. The van der Waals surface area contributed by atoms with Crippen LogP contribution in [0.2, 0.25) is 0 Å². The predicted molar refractivity (Wildman–Crippen MR) is 101 cm³/mol. The molecule has 0 unspecified atom stereocenters. The number of halogens is 4. The number of nitrogens with zero attached hydrogens (tertiary/aromatic N) is 3. The molecule has 0 radical (unpaired) electrons. The number of aliphatic hydroxyl groups is 1. The van der Waals surface area contributed by atoms with Gasteiger partial charge >= 0.3 is 6.36 Å². The highest BCUT2D eigenvalue weighted by atomic mass is 32.2. The van der Waals surface area contributed by atoms with Gasteiger partial charge in [0, 0.05) is 6.42 Å². The number of pyridine rings is 1. The van der Waals surface area contributed by atoms with Gasteiger partial charge in [0.05, 0.1) is 11.4 Å². The minimum Gasteiger partial charge on any atom is -0.406 e. The van der Waals surface area contributed by atoms with Crippen molar-refractivity contribution in [3.05, 3.63) is 59.3 Å². The number of primary sulfonamides is 1. The molecule has 0 aliphatic heterocycles. The minimum atomic E-state index is -4.93. The van der Waals surface area contributed by atoms with Crippen LogP contribution in [-0.4, -0.2) is 40.8 Å². The smallest absolute Gasteiger partial charge is 0.406 e. The summed E-state index contributed by atoms with van der Waals surface area (Å²) < 4.78 is 82.6. The van der Waals surface area contributed by atoms with E-state index >= 15 is 0 Å². The number of hydrogen-bond donors (Lipinski definition) is 2. The second-order valence-corrected chi connectivity index (χ2v) is 8.60. The third-order valence-corrected chi connectivity index (χ3v) is 5.03. The summed E-state index contributed by atoms with van der Waals surface area (Å²) in [5.74, 6) is -2.40. The maximum absolute atomic E-state index is 14.0. The fourth-order valence-corrected chi connectivity index (χ4v) is 3.73. The third kappa shape index (κ3) is 6.21. The van der Waals surface area contributed by atoms with Gasteiger partial charge in [-0.1, -0.05) is 11.2 Å². The second-order valence-electron chi connectivity index (χ2n) is 6.98. The fraction of sp³-hybridized carbons (Fsp3) is 0.278. The largest absolute Gasteiger partial charge is 0.573 e. The topological polar surface area (TPSA) is 141 Å². The molecule has 3 aromatic rings. The Morgan fingerprint density at radius 2 is 1.91 bits per heavy atom. The first-order valence-corrected chi connectivity index (χ1v) is 10.5. The number of aromatic nitrogens is 3. The molecule has 32 heavy (non-hydrogen) atoms. The Kier molecular flexibility index (Phi) is 6.22. The zero-order valence-corrected chi connectivity index (χ0v) is 17.1. The Morgan fingerprint density at radius 1 is 1.19 bits per heavy atom. The zero-order chi connectivity index (χ0) is 23.7. The van der Waals surface area contributed by atoms with Crippen molar-refractivity contribution in [3.8, 4) is 17.3 Å². The molecule has 0 aliphatic carbocycles. The van der Waals surface area contributed by atoms with Gasteiger partial charge in [-0.05, 0) is 42.8 Å². The molecule has 0 aliphatic rings.